The SMILES string of the molecule is c1ccc(-c2cccc(-n3c(-c4ccc(N(c5ccccc5)c5ccccc5)cc4)cc4c3cc(-c3ccc(N(c5ccccc5)c5ccccc5)cc3)n4-c3cccc(-c4ccccc4)c3)c2)cc1. The summed E-state index contributed by atoms with van der Waals surface area (Å²) >= 11 is 0. The molecule has 0 atom stereocenters. The maximum absolute atomic E-state index is 2.45. The van der Waals surface area contributed by atoms with Gasteiger partial charge in [-0.25, -0.2) is 0 Å². The van der Waals surface area contributed by atoms with E-state index >= 15 is 0 Å². The molecule has 2 heterocycles. The van der Waals surface area contributed by atoms with Crippen molar-refractivity contribution in [3.8, 4) is 56.1 Å². The molecule has 12 rings (SSSR count). The van der Waals surface area contributed by atoms with Gasteiger partial charge < -0.3 is 18.9 Å². The van der Waals surface area contributed by atoms with Gasteiger partial charge in [-0.15, -0.1) is 0 Å². The molecule has 4 heteroatoms. The Hall–Kier alpha value is -9.38. The first-order valence-electron chi connectivity index (χ1n) is 23.8. The Kier molecular flexibility index (Phi) is 11.2. The van der Waals surface area contributed by atoms with Crippen molar-refractivity contribution in [2.75, 3.05) is 9.80 Å². The van der Waals surface area contributed by atoms with Crippen LogP contribution in [0, 0.1) is 0 Å². The molecule has 0 saturated carbocycles. The number of anilines is 6. The average molecular weight is 897 g/mol. The fourth-order valence-corrected chi connectivity index (χ4v) is 9.81. The molecular weight excluding hydrogens is 849 g/mol. The predicted octanol–water partition coefficient (Wildman–Crippen LogP) is 18.0. The number of fused-ring (bicyclic) bond motifs is 1. The molecule has 12 aromatic rings. The monoisotopic (exact) mass is 896 g/mol. The number of aromatic nitrogens is 2. The van der Waals surface area contributed by atoms with E-state index in [2.05, 4.69) is 310 Å². The van der Waals surface area contributed by atoms with Gasteiger partial charge in [-0.3, -0.25) is 0 Å². The first-order chi connectivity index (χ1) is 34.7. The van der Waals surface area contributed by atoms with Crippen LogP contribution in [0.15, 0.2) is 291 Å². The van der Waals surface area contributed by atoms with Crippen molar-refractivity contribution in [3.63, 3.8) is 0 Å². The smallest absolute Gasteiger partial charge is 0.0724 e. The van der Waals surface area contributed by atoms with Crippen LogP contribution in [0.4, 0.5) is 34.1 Å². The van der Waals surface area contributed by atoms with Crippen molar-refractivity contribution in [1.29, 1.82) is 0 Å². The third kappa shape index (κ3) is 8.14. The highest BCUT2D eigenvalue weighted by Crippen LogP contribution is 2.43. The van der Waals surface area contributed by atoms with E-state index in [1.54, 1.807) is 0 Å². The van der Waals surface area contributed by atoms with Crippen LogP contribution < -0.4 is 9.80 Å². The van der Waals surface area contributed by atoms with Crippen LogP contribution in [-0.4, -0.2) is 9.13 Å². The number of hydrogen-bond acceptors (Lipinski definition) is 2. The standard InChI is InChI=1S/C66H48N4/c1-7-21-49(22-8-1)53-25-19-35-61(45-53)69-63(51-37-41-59(42-38-51)67(55-27-11-3-12-28-55)56-29-13-4-14-30-56)47-66-65(69)48-64(70(66)62-36-20-26-54(46-62)50-23-9-2-10-24-50)52-39-43-60(44-40-52)68(57-31-15-5-16-32-57)58-33-17-6-18-34-58/h1-48H. The minimum Gasteiger partial charge on any atom is -0.311 e. The van der Waals surface area contributed by atoms with Gasteiger partial charge in [0.2, 0.25) is 0 Å². The second-order valence-corrected chi connectivity index (χ2v) is 17.4. The van der Waals surface area contributed by atoms with Crippen molar-refractivity contribution >= 4 is 45.2 Å². The summed E-state index contributed by atoms with van der Waals surface area (Å²) in [6.45, 7) is 0. The zero-order valence-corrected chi connectivity index (χ0v) is 38.5. The van der Waals surface area contributed by atoms with Crippen molar-refractivity contribution in [3.05, 3.63) is 291 Å². The molecule has 0 unspecified atom stereocenters. The number of hydrogen-bond donors (Lipinski definition) is 0. The van der Waals surface area contributed by atoms with Gasteiger partial charge >= 0.3 is 0 Å². The summed E-state index contributed by atoms with van der Waals surface area (Å²) in [5.74, 6) is 0. The lowest BCUT2D eigenvalue weighted by molar-refractivity contribution is 1.13. The van der Waals surface area contributed by atoms with E-state index in [0.717, 1.165) is 90.2 Å². The first kappa shape index (κ1) is 42.0. The number of para-hydroxylation sites is 4. The lowest BCUT2D eigenvalue weighted by Gasteiger charge is -2.25. The molecule has 70 heavy (non-hydrogen) atoms. The van der Waals surface area contributed by atoms with Crippen LogP contribution in [0.2, 0.25) is 0 Å². The van der Waals surface area contributed by atoms with Gasteiger partial charge in [0.05, 0.1) is 22.4 Å². The van der Waals surface area contributed by atoms with E-state index in [-0.39, 0.29) is 0 Å². The van der Waals surface area contributed by atoms with Crippen LogP contribution in [0.1, 0.15) is 0 Å². The van der Waals surface area contributed by atoms with E-state index < -0.39 is 0 Å². The summed E-state index contributed by atoms with van der Waals surface area (Å²) in [7, 11) is 0. The summed E-state index contributed by atoms with van der Waals surface area (Å²) in [5, 5.41) is 0. The molecule has 0 saturated heterocycles. The lowest BCUT2D eigenvalue weighted by Crippen LogP contribution is -2.09. The van der Waals surface area contributed by atoms with Crippen LogP contribution in [0.25, 0.3) is 67.2 Å². The molecular formula is C66H48N4. The van der Waals surface area contributed by atoms with Crippen LogP contribution >= 0.6 is 0 Å². The summed E-state index contributed by atoms with van der Waals surface area (Å²) in [6.07, 6.45) is 0. The molecule has 0 aliphatic carbocycles. The zero-order valence-electron chi connectivity index (χ0n) is 38.5. The van der Waals surface area contributed by atoms with E-state index in [4.69, 9.17) is 0 Å². The Morgan fingerprint density at radius 3 is 0.786 bits per heavy atom. The van der Waals surface area contributed by atoms with Crippen molar-refractivity contribution in [1.82, 2.24) is 9.13 Å². The maximum atomic E-state index is 2.45. The summed E-state index contributed by atoms with van der Waals surface area (Å²) in [6, 6.07) is 104. The molecule has 0 aliphatic heterocycles. The molecule has 0 amide bonds. The van der Waals surface area contributed by atoms with Gasteiger partial charge in [-0.05, 0) is 143 Å². The highest BCUT2D eigenvalue weighted by Gasteiger charge is 2.23. The summed E-state index contributed by atoms with van der Waals surface area (Å²) < 4.78 is 4.90. The normalized spacial score (nSPS) is 11.1. The number of benzene rings is 10. The minimum absolute atomic E-state index is 1.08. The predicted molar refractivity (Wildman–Crippen MR) is 294 cm³/mol. The molecule has 0 spiro atoms. The van der Waals surface area contributed by atoms with Crippen molar-refractivity contribution in [2.45, 2.75) is 0 Å². The van der Waals surface area contributed by atoms with Gasteiger partial charge in [0.15, 0.2) is 0 Å². The Labute approximate surface area is 409 Å². The number of rotatable bonds is 12. The molecule has 10 aromatic carbocycles. The van der Waals surface area contributed by atoms with E-state index in [9.17, 15) is 0 Å². The number of nitrogens with zero attached hydrogens (tertiary/aromatic N) is 4. The van der Waals surface area contributed by atoms with Gasteiger partial charge in [0.1, 0.15) is 0 Å². The average Bonchev–Trinajstić information content (AvgIpc) is 4.00. The fraction of sp³-hybridized carbons (Fsp3) is 0. The Balaban J connectivity index is 1.06. The third-order valence-electron chi connectivity index (χ3n) is 13.1. The Bertz CT molecular complexity index is 3330. The molecule has 0 aliphatic rings. The molecule has 0 radical (unpaired) electrons. The second kappa shape index (κ2) is 18.7. The van der Waals surface area contributed by atoms with Gasteiger partial charge in [0, 0.05) is 45.5 Å². The van der Waals surface area contributed by atoms with Crippen molar-refractivity contribution in [2.24, 2.45) is 0 Å². The molecule has 332 valence electrons. The van der Waals surface area contributed by atoms with Crippen molar-refractivity contribution < 1.29 is 0 Å². The lowest BCUT2D eigenvalue weighted by atomic mass is 10.0. The highest BCUT2D eigenvalue weighted by atomic mass is 15.1. The van der Waals surface area contributed by atoms with Crippen LogP contribution in [0.5, 0.6) is 0 Å². The van der Waals surface area contributed by atoms with E-state index in [0.29, 0.717) is 0 Å². The van der Waals surface area contributed by atoms with Crippen LogP contribution in [-0.2, 0) is 0 Å². The topological polar surface area (TPSA) is 16.3 Å². The molecule has 2 aromatic heterocycles. The molecule has 4 nitrogen and oxygen atoms in total. The summed E-state index contributed by atoms with van der Waals surface area (Å²) in [5.41, 5.74) is 20.1. The van der Waals surface area contributed by atoms with Gasteiger partial charge in [-0.1, -0.05) is 182 Å². The van der Waals surface area contributed by atoms with Gasteiger partial charge in [-0.2, -0.15) is 0 Å². The Morgan fingerprint density at radius 2 is 0.471 bits per heavy atom. The minimum atomic E-state index is 1.08. The summed E-state index contributed by atoms with van der Waals surface area (Å²) in [4.78, 5) is 4.62. The highest BCUT2D eigenvalue weighted by molar-refractivity contribution is 5.95. The Morgan fingerprint density at radius 1 is 0.200 bits per heavy atom. The molecule has 0 bridgehead atoms. The van der Waals surface area contributed by atoms with E-state index in [1.165, 1.54) is 11.1 Å². The molecule has 0 fully saturated rings. The third-order valence-corrected chi connectivity index (χ3v) is 13.1. The quantitative estimate of drug-likeness (QED) is 0.121. The largest absolute Gasteiger partial charge is 0.311 e. The maximum Gasteiger partial charge on any atom is 0.0724 e. The second-order valence-electron chi connectivity index (χ2n) is 17.4. The fourth-order valence-electron chi connectivity index (χ4n) is 9.81. The van der Waals surface area contributed by atoms with Gasteiger partial charge in [0.25, 0.3) is 0 Å². The molecule has 0 N–H and O–H groups in total. The van der Waals surface area contributed by atoms with E-state index in [1.807, 2.05) is 0 Å². The zero-order chi connectivity index (χ0) is 46.6. The van der Waals surface area contributed by atoms with Crippen LogP contribution in [0.3, 0.4) is 0 Å². The first-order valence-corrected chi connectivity index (χ1v) is 23.8.